The predicted octanol–water partition coefficient (Wildman–Crippen LogP) is 3.24. The van der Waals surface area contributed by atoms with Gasteiger partial charge in [-0.2, -0.15) is 0 Å². The van der Waals surface area contributed by atoms with Gasteiger partial charge in [0.25, 0.3) is 5.91 Å². The van der Waals surface area contributed by atoms with Crippen LogP contribution in [0.15, 0.2) is 6.07 Å². The van der Waals surface area contributed by atoms with Crippen molar-refractivity contribution in [3.8, 4) is 0 Å². The van der Waals surface area contributed by atoms with Gasteiger partial charge in [-0.15, -0.1) is 0 Å². The summed E-state index contributed by atoms with van der Waals surface area (Å²) in [6.07, 6.45) is 7.97. The lowest BCUT2D eigenvalue weighted by Gasteiger charge is -2.39. The molecule has 4 aliphatic rings. The Kier molecular flexibility index (Phi) is 5.73. The maximum absolute atomic E-state index is 15.6. The molecular weight excluding hydrogens is 416 g/mol. The number of nitrogens with zero attached hydrogens (tertiary/aromatic N) is 2. The van der Waals surface area contributed by atoms with E-state index < -0.39 is 29.5 Å². The summed E-state index contributed by atoms with van der Waals surface area (Å²) in [6.45, 7) is 1.61. The van der Waals surface area contributed by atoms with Gasteiger partial charge in [0.2, 0.25) is 11.8 Å². The van der Waals surface area contributed by atoms with Gasteiger partial charge in [-0.25, -0.2) is 8.78 Å². The minimum absolute atomic E-state index is 0.00640. The minimum atomic E-state index is -0.836. The first-order valence-corrected chi connectivity index (χ1v) is 11.8. The third kappa shape index (κ3) is 3.72. The van der Waals surface area contributed by atoms with Gasteiger partial charge >= 0.3 is 0 Å². The molecule has 1 aromatic rings. The SMILES string of the molecule is O=C1CCC(N2Cc3c(cc(F)c(C4CCN(C5CCCCC5)CC4)c3F)C2=O)C(=O)N1. The molecule has 2 saturated heterocycles. The Morgan fingerprint density at radius 3 is 2.34 bits per heavy atom. The van der Waals surface area contributed by atoms with Crippen molar-refractivity contribution < 1.29 is 23.2 Å². The highest BCUT2D eigenvalue weighted by Crippen LogP contribution is 2.39. The Balaban J connectivity index is 1.34. The van der Waals surface area contributed by atoms with Crippen LogP contribution in [0, 0.1) is 11.6 Å². The standard InChI is InChI=1S/C24H29F2N3O3/c25-18-12-16-17(13-29(24(16)32)19-6-7-20(30)27-23(19)31)22(26)21(18)14-8-10-28(11-9-14)15-4-2-1-3-5-15/h12,14-15,19H,1-11,13H2,(H,27,30,31). The van der Waals surface area contributed by atoms with Gasteiger partial charge in [-0.1, -0.05) is 19.3 Å². The van der Waals surface area contributed by atoms with E-state index in [2.05, 4.69) is 10.2 Å². The van der Waals surface area contributed by atoms with Crippen molar-refractivity contribution in [3.05, 3.63) is 34.4 Å². The zero-order valence-electron chi connectivity index (χ0n) is 18.2. The molecule has 32 heavy (non-hydrogen) atoms. The van der Waals surface area contributed by atoms with E-state index in [4.69, 9.17) is 0 Å². The Morgan fingerprint density at radius 1 is 0.938 bits per heavy atom. The highest BCUT2D eigenvalue weighted by atomic mass is 19.1. The second-order valence-corrected chi connectivity index (χ2v) is 9.61. The van der Waals surface area contributed by atoms with Crippen LogP contribution in [0.3, 0.4) is 0 Å². The Morgan fingerprint density at radius 2 is 1.66 bits per heavy atom. The minimum Gasteiger partial charge on any atom is -0.322 e. The molecule has 1 N–H and O–H groups in total. The quantitative estimate of drug-likeness (QED) is 0.726. The summed E-state index contributed by atoms with van der Waals surface area (Å²) in [6, 6.07) is 0.909. The zero-order chi connectivity index (χ0) is 22.4. The molecular formula is C24H29F2N3O3. The topological polar surface area (TPSA) is 69.7 Å². The van der Waals surface area contributed by atoms with Gasteiger partial charge in [0.1, 0.15) is 17.7 Å². The molecule has 1 aliphatic carbocycles. The molecule has 6 nitrogen and oxygen atoms in total. The molecule has 8 heteroatoms. The van der Waals surface area contributed by atoms with Gasteiger partial charge in [-0.05, 0) is 57.2 Å². The second kappa shape index (κ2) is 8.54. The molecule has 3 aliphatic heterocycles. The Hall–Kier alpha value is -2.35. The maximum Gasteiger partial charge on any atom is 0.255 e. The second-order valence-electron chi connectivity index (χ2n) is 9.61. The van der Waals surface area contributed by atoms with E-state index in [1.54, 1.807) is 0 Å². The van der Waals surface area contributed by atoms with Gasteiger partial charge in [-0.3, -0.25) is 19.7 Å². The van der Waals surface area contributed by atoms with Crippen molar-refractivity contribution in [2.75, 3.05) is 13.1 Å². The van der Waals surface area contributed by atoms with Crippen molar-refractivity contribution in [3.63, 3.8) is 0 Å². The van der Waals surface area contributed by atoms with Crippen molar-refractivity contribution in [2.24, 2.45) is 0 Å². The number of rotatable bonds is 3. The van der Waals surface area contributed by atoms with Crippen molar-refractivity contribution in [1.82, 2.24) is 15.1 Å². The fraction of sp³-hybridized carbons (Fsp3) is 0.625. The van der Waals surface area contributed by atoms with Crippen molar-refractivity contribution >= 4 is 17.7 Å². The smallest absolute Gasteiger partial charge is 0.255 e. The normalized spacial score (nSPS) is 25.9. The molecule has 172 valence electrons. The molecule has 0 bridgehead atoms. The van der Waals surface area contributed by atoms with E-state index in [1.807, 2.05) is 0 Å². The van der Waals surface area contributed by atoms with E-state index in [1.165, 1.54) is 37.0 Å². The van der Waals surface area contributed by atoms with Gasteiger partial charge in [0, 0.05) is 23.6 Å². The summed E-state index contributed by atoms with van der Waals surface area (Å²) in [7, 11) is 0. The molecule has 1 atom stereocenters. The summed E-state index contributed by atoms with van der Waals surface area (Å²) in [5, 5.41) is 2.23. The average Bonchev–Trinajstić information content (AvgIpc) is 3.11. The average molecular weight is 446 g/mol. The number of likely N-dealkylation sites (tertiary alicyclic amines) is 1. The van der Waals surface area contributed by atoms with Crippen LogP contribution in [0.2, 0.25) is 0 Å². The largest absolute Gasteiger partial charge is 0.322 e. The number of imide groups is 1. The monoisotopic (exact) mass is 445 g/mol. The van der Waals surface area contributed by atoms with Crippen LogP contribution in [-0.4, -0.2) is 52.7 Å². The van der Waals surface area contributed by atoms with Crippen molar-refractivity contribution in [1.29, 1.82) is 0 Å². The van der Waals surface area contributed by atoms with E-state index in [0.29, 0.717) is 18.9 Å². The maximum atomic E-state index is 15.6. The molecule has 1 unspecified atom stereocenters. The van der Waals surface area contributed by atoms with Crippen LogP contribution in [0.1, 0.15) is 85.2 Å². The molecule has 3 amide bonds. The van der Waals surface area contributed by atoms with Crippen molar-refractivity contribution in [2.45, 2.75) is 82.3 Å². The van der Waals surface area contributed by atoms with Gasteiger partial charge in [0.15, 0.2) is 0 Å². The fourth-order valence-electron chi connectivity index (χ4n) is 6.02. The lowest BCUT2D eigenvalue weighted by molar-refractivity contribution is -0.136. The highest BCUT2D eigenvalue weighted by molar-refractivity contribution is 6.05. The fourth-order valence-corrected chi connectivity index (χ4v) is 6.02. The number of halogens is 2. The molecule has 3 heterocycles. The summed E-state index contributed by atoms with van der Waals surface area (Å²) < 4.78 is 30.6. The summed E-state index contributed by atoms with van der Waals surface area (Å²) in [5.74, 6) is -3.01. The number of piperidine rings is 2. The van der Waals surface area contributed by atoms with Crippen LogP contribution < -0.4 is 5.32 Å². The number of amides is 3. The number of carbonyl (C=O) groups is 3. The first-order valence-electron chi connectivity index (χ1n) is 11.8. The third-order valence-electron chi connectivity index (χ3n) is 7.79. The lowest BCUT2D eigenvalue weighted by atomic mass is 9.85. The molecule has 0 spiro atoms. The summed E-state index contributed by atoms with van der Waals surface area (Å²) >= 11 is 0. The Bertz CT molecular complexity index is 952. The Labute approximate surface area is 186 Å². The van der Waals surface area contributed by atoms with Crippen LogP contribution in [0.25, 0.3) is 0 Å². The van der Waals surface area contributed by atoms with E-state index in [9.17, 15) is 14.4 Å². The molecule has 1 aromatic carbocycles. The van der Waals surface area contributed by atoms with Crippen LogP contribution in [0.4, 0.5) is 8.78 Å². The van der Waals surface area contributed by atoms with Crippen LogP contribution in [0.5, 0.6) is 0 Å². The highest BCUT2D eigenvalue weighted by Gasteiger charge is 2.42. The van der Waals surface area contributed by atoms with Crippen LogP contribution >= 0.6 is 0 Å². The first kappa shape index (κ1) is 21.5. The third-order valence-corrected chi connectivity index (χ3v) is 7.79. The number of fused-ring (bicyclic) bond motifs is 1. The predicted molar refractivity (Wildman–Crippen MR) is 113 cm³/mol. The number of carbonyl (C=O) groups excluding carboxylic acids is 3. The molecule has 1 saturated carbocycles. The molecule has 0 radical (unpaired) electrons. The number of nitrogens with one attached hydrogen (secondary N) is 1. The number of benzene rings is 1. The molecule has 5 rings (SSSR count). The van der Waals surface area contributed by atoms with Crippen LogP contribution in [-0.2, 0) is 16.1 Å². The van der Waals surface area contributed by atoms with E-state index in [0.717, 1.165) is 19.2 Å². The van der Waals surface area contributed by atoms with Gasteiger partial charge in [0.05, 0.1) is 12.1 Å². The first-order chi connectivity index (χ1) is 15.4. The van der Waals surface area contributed by atoms with Gasteiger partial charge < -0.3 is 9.80 Å². The molecule has 0 aromatic heterocycles. The summed E-state index contributed by atoms with van der Waals surface area (Å²) in [4.78, 5) is 40.2. The number of hydrogen-bond donors (Lipinski definition) is 1. The van der Waals surface area contributed by atoms with E-state index >= 15 is 8.78 Å². The zero-order valence-corrected chi connectivity index (χ0v) is 18.2. The lowest BCUT2D eigenvalue weighted by Crippen LogP contribution is -2.52. The molecule has 3 fully saturated rings. The number of hydrogen-bond acceptors (Lipinski definition) is 4. The summed E-state index contributed by atoms with van der Waals surface area (Å²) in [5.41, 5.74) is 0.254. The van der Waals surface area contributed by atoms with E-state index in [-0.39, 0.29) is 47.9 Å².